The van der Waals surface area contributed by atoms with E-state index < -0.39 is 5.54 Å². The molecule has 0 aliphatic rings. The van der Waals surface area contributed by atoms with Crippen molar-refractivity contribution in [2.45, 2.75) is 39.3 Å². The SMILES string of the molecule is Cc1cccc(COc2cccc(CC(=O)NC(C)(C)CN)c2)c1.Cl. The van der Waals surface area contributed by atoms with Crippen LogP contribution in [0.25, 0.3) is 0 Å². The van der Waals surface area contributed by atoms with E-state index >= 15 is 0 Å². The van der Waals surface area contributed by atoms with Gasteiger partial charge in [0.2, 0.25) is 5.91 Å². The Morgan fingerprint density at radius 2 is 1.80 bits per heavy atom. The minimum atomic E-state index is -0.392. The lowest BCUT2D eigenvalue weighted by Gasteiger charge is -2.24. The molecule has 136 valence electrons. The van der Waals surface area contributed by atoms with Crippen molar-refractivity contribution >= 4 is 18.3 Å². The number of nitrogens with two attached hydrogens (primary N) is 1. The second-order valence-electron chi connectivity index (χ2n) is 6.74. The van der Waals surface area contributed by atoms with Crippen LogP contribution in [-0.2, 0) is 17.8 Å². The van der Waals surface area contributed by atoms with E-state index in [2.05, 4.69) is 24.4 Å². The van der Waals surface area contributed by atoms with E-state index in [9.17, 15) is 4.79 Å². The lowest BCUT2D eigenvalue weighted by molar-refractivity contribution is -0.121. The van der Waals surface area contributed by atoms with Gasteiger partial charge in [0.15, 0.2) is 0 Å². The number of amides is 1. The summed E-state index contributed by atoms with van der Waals surface area (Å²) in [5, 5.41) is 2.93. The molecule has 0 aliphatic carbocycles. The van der Waals surface area contributed by atoms with Gasteiger partial charge < -0.3 is 15.8 Å². The van der Waals surface area contributed by atoms with Crippen molar-refractivity contribution in [1.82, 2.24) is 5.32 Å². The van der Waals surface area contributed by atoms with Crippen molar-refractivity contribution in [3.8, 4) is 5.75 Å². The van der Waals surface area contributed by atoms with Gasteiger partial charge in [-0.15, -0.1) is 12.4 Å². The molecule has 1 amide bonds. The number of carbonyl (C=O) groups excluding carboxylic acids is 1. The molecule has 0 heterocycles. The molecule has 2 rings (SSSR count). The first-order chi connectivity index (χ1) is 11.4. The Bertz CT molecular complexity index is 702. The summed E-state index contributed by atoms with van der Waals surface area (Å²) in [5.41, 5.74) is 8.51. The van der Waals surface area contributed by atoms with Gasteiger partial charge in [-0.1, -0.05) is 42.0 Å². The highest BCUT2D eigenvalue weighted by Crippen LogP contribution is 2.16. The van der Waals surface area contributed by atoms with Gasteiger partial charge in [-0.2, -0.15) is 0 Å². The lowest BCUT2D eigenvalue weighted by atomic mass is 10.0. The smallest absolute Gasteiger partial charge is 0.224 e. The number of halogens is 1. The van der Waals surface area contributed by atoms with Crippen LogP contribution in [0, 0.1) is 6.92 Å². The summed E-state index contributed by atoms with van der Waals surface area (Å²) in [7, 11) is 0. The summed E-state index contributed by atoms with van der Waals surface area (Å²) in [5.74, 6) is 0.723. The molecule has 0 radical (unpaired) electrons. The zero-order valence-corrected chi connectivity index (χ0v) is 15.9. The zero-order chi connectivity index (χ0) is 17.6. The maximum absolute atomic E-state index is 12.1. The Morgan fingerprint density at radius 1 is 1.12 bits per heavy atom. The van der Waals surface area contributed by atoms with Gasteiger partial charge in [-0.05, 0) is 44.0 Å². The molecule has 25 heavy (non-hydrogen) atoms. The molecular formula is C20H27ClN2O2. The van der Waals surface area contributed by atoms with Crippen molar-refractivity contribution in [2.24, 2.45) is 5.73 Å². The predicted molar refractivity (Wildman–Crippen MR) is 104 cm³/mol. The van der Waals surface area contributed by atoms with E-state index in [1.165, 1.54) is 5.56 Å². The van der Waals surface area contributed by atoms with Gasteiger partial charge in [0.05, 0.1) is 6.42 Å². The third-order valence-corrected chi connectivity index (χ3v) is 3.74. The van der Waals surface area contributed by atoms with Crippen molar-refractivity contribution in [3.05, 3.63) is 65.2 Å². The highest BCUT2D eigenvalue weighted by atomic mass is 35.5. The third kappa shape index (κ3) is 7.16. The number of carbonyl (C=O) groups is 1. The van der Waals surface area contributed by atoms with Gasteiger partial charge in [-0.25, -0.2) is 0 Å². The summed E-state index contributed by atoms with van der Waals surface area (Å²) in [6.07, 6.45) is 0.311. The lowest BCUT2D eigenvalue weighted by Crippen LogP contribution is -2.49. The molecule has 0 saturated carbocycles. The van der Waals surface area contributed by atoms with E-state index in [1.807, 2.05) is 50.2 Å². The van der Waals surface area contributed by atoms with Crippen LogP contribution >= 0.6 is 12.4 Å². The fraction of sp³-hybridized carbons (Fsp3) is 0.350. The molecule has 0 bridgehead atoms. The van der Waals surface area contributed by atoms with Crippen LogP contribution in [0.5, 0.6) is 5.75 Å². The molecule has 0 atom stereocenters. The van der Waals surface area contributed by atoms with Gasteiger partial charge in [-0.3, -0.25) is 4.79 Å². The number of benzene rings is 2. The molecule has 0 spiro atoms. The summed E-state index contributed by atoms with van der Waals surface area (Å²) < 4.78 is 5.84. The van der Waals surface area contributed by atoms with Crippen LogP contribution < -0.4 is 15.8 Å². The second kappa shape index (κ2) is 9.44. The highest BCUT2D eigenvalue weighted by Gasteiger charge is 2.18. The van der Waals surface area contributed by atoms with Crippen molar-refractivity contribution < 1.29 is 9.53 Å². The topological polar surface area (TPSA) is 64.3 Å². The van der Waals surface area contributed by atoms with Crippen molar-refractivity contribution in [3.63, 3.8) is 0 Å². The number of rotatable bonds is 7. The summed E-state index contributed by atoms with van der Waals surface area (Å²) in [6.45, 7) is 6.79. The fourth-order valence-electron chi connectivity index (χ4n) is 2.37. The largest absolute Gasteiger partial charge is 0.489 e. The van der Waals surface area contributed by atoms with E-state index in [0.29, 0.717) is 19.6 Å². The molecule has 5 heteroatoms. The van der Waals surface area contributed by atoms with Crippen LogP contribution in [0.3, 0.4) is 0 Å². The first kappa shape index (κ1) is 21.0. The number of ether oxygens (including phenoxy) is 1. The molecule has 2 aromatic rings. The Balaban J connectivity index is 0.00000312. The molecule has 0 aromatic heterocycles. The third-order valence-electron chi connectivity index (χ3n) is 3.74. The molecular weight excluding hydrogens is 336 g/mol. The average molecular weight is 363 g/mol. The van der Waals surface area contributed by atoms with Crippen LogP contribution in [0.2, 0.25) is 0 Å². The minimum absolute atomic E-state index is 0. The molecule has 2 aromatic carbocycles. The second-order valence-corrected chi connectivity index (χ2v) is 6.74. The quantitative estimate of drug-likeness (QED) is 0.793. The standard InChI is InChI=1S/C20H26N2O2.ClH/c1-15-6-4-8-17(10-15)13-24-18-9-5-7-16(11-18)12-19(23)22-20(2,3)14-21;/h4-11H,12-14,21H2,1-3H3,(H,22,23);1H. The molecule has 0 aliphatic heterocycles. The van der Waals surface area contributed by atoms with E-state index in [4.69, 9.17) is 10.5 Å². The number of nitrogens with one attached hydrogen (secondary N) is 1. The van der Waals surface area contributed by atoms with Crippen LogP contribution in [0.4, 0.5) is 0 Å². The summed E-state index contributed by atoms with van der Waals surface area (Å²) >= 11 is 0. The summed E-state index contributed by atoms with van der Waals surface area (Å²) in [6, 6.07) is 15.9. The Morgan fingerprint density at radius 3 is 2.48 bits per heavy atom. The van der Waals surface area contributed by atoms with E-state index in [1.54, 1.807) is 0 Å². The van der Waals surface area contributed by atoms with Crippen molar-refractivity contribution in [1.29, 1.82) is 0 Å². The van der Waals surface area contributed by atoms with Crippen LogP contribution in [-0.4, -0.2) is 18.0 Å². The van der Waals surface area contributed by atoms with Gasteiger partial charge >= 0.3 is 0 Å². The van der Waals surface area contributed by atoms with Crippen molar-refractivity contribution in [2.75, 3.05) is 6.54 Å². The van der Waals surface area contributed by atoms with Gasteiger partial charge in [0.1, 0.15) is 12.4 Å². The molecule has 0 saturated heterocycles. The Labute approximate surface area is 156 Å². The first-order valence-electron chi connectivity index (χ1n) is 8.16. The average Bonchev–Trinajstić information content (AvgIpc) is 2.53. The summed E-state index contributed by atoms with van der Waals surface area (Å²) in [4.78, 5) is 12.1. The molecule has 0 fully saturated rings. The van der Waals surface area contributed by atoms with Crippen LogP contribution in [0.1, 0.15) is 30.5 Å². The number of aryl methyl sites for hydroxylation is 1. The highest BCUT2D eigenvalue weighted by molar-refractivity contribution is 5.85. The monoisotopic (exact) mass is 362 g/mol. The molecule has 4 nitrogen and oxygen atoms in total. The predicted octanol–water partition coefficient (Wildman–Crippen LogP) is 3.39. The van der Waals surface area contributed by atoms with E-state index in [0.717, 1.165) is 16.9 Å². The zero-order valence-electron chi connectivity index (χ0n) is 15.0. The minimum Gasteiger partial charge on any atom is -0.489 e. The Hall–Kier alpha value is -2.04. The number of hydrogen-bond donors (Lipinski definition) is 2. The van der Waals surface area contributed by atoms with Gasteiger partial charge in [0.25, 0.3) is 0 Å². The molecule has 3 N–H and O–H groups in total. The molecule has 0 unspecified atom stereocenters. The maximum atomic E-state index is 12.1. The fourth-order valence-corrected chi connectivity index (χ4v) is 2.37. The van der Waals surface area contributed by atoms with Crippen LogP contribution in [0.15, 0.2) is 48.5 Å². The Kier molecular flexibility index (Phi) is 7.94. The number of hydrogen-bond acceptors (Lipinski definition) is 3. The van der Waals surface area contributed by atoms with E-state index in [-0.39, 0.29) is 18.3 Å². The normalized spacial score (nSPS) is 10.7. The maximum Gasteiger partial charge on any atom is 0.224 e. The first-order valence-corrected chi connectivity index (χ1v) is 8.16. The van der Waals surface area contributed by atoms with Gasteiger partial charge in [0, 0.05) is 12.1 Å².